The maximum Gasteiger partial charge on any atom is 0.431 e. The number of fused-ring (bicyclic) bond motifs is 1. The summed E-state index contributed by atoms with van der Waals surface area (Å²) in [4.78, 5) is 24.9. The Labute approximate surface area is 176 Å². The third-order valence-corrected chi connectivity index (χ3v) is 5.84. The number of rotatable bonds is 2. The third kappa shape index (κ3) is 3.79. The first-order chi connectivity index (χ1) is 14.5. The van der Waals surface area contributed by atoms with Crippen LogP contribution in [0, 0.1) is 5.82 Å². The van der Waals surface area contributed by atoms with Gasteiger partial charge in [0.2, 0.25) is 6.29 Å². The normalized spacial score (nSPS) is 22.2. The minimum absolute atomic E-state index is 0.116. The quantitative estimate of drug-likeness (QED) is 0.549. The Morgan fingerprint density at radius 2 is 1.77 bits per heavy atom. The number of nitrogens with zero attached hydrogens (tertiary/aromatic N) is 3. The molecule has 4 rings (SSSR count). The lowest BCUT2D eigenvalue weighted by Gasteiger charge is -2.31. The molecule has 7 nitrogen and oxygen atoms in total. The summed E-state index contributed by atoms with van der Waals surface area (Å²) in [5, 5.41) is 0.376. The minimum atomic E-state index is -4.91. The summed E-state index contributed by atoms with van der Waals surface area (Å²) in [6, 6.07) is 2.54. The van der Waals surface area contributed by atoms with Crippen LogP contribution in [0.5, 0.6) is 0 Å². The fourth-order valence-corrected chi connectivity index (χ4v) is 4.39. The summed E-state index contributed by atoms with van der Waals surface area (Å²) in [6.07, 6.45) is -5.30. The predicted octanol–water partition coefficient (Wildman–Crippen LogP) is 3.52. The summed E-state index contributed by atoms with van der Waals surface area (Å²) < 4.78 is 70.9. The van der Waals surface area contributed by atoms with Gasteiger partial charge in [-0.15, -0.1) is 0 Å². The molecule has 0 aliphatic carbocycles. The molecule has 1 aliphatic rings. The monoisotopic (exact) mass is 459 g/mol. The maximum absolute atomic E-state index is 14.8. The Morgan fingerprint density at radius 1 is 1.13 bits per heavy atom. The van der Waals surface area contributed by atoms with Crippen LogP contribution in [0.3, 0.4) is 0 Å². The molecule has 0 radical (unpaired) electrons. The molecule has 0 spiro atoms. The molecule has 166 valence electrons. The lowest BCUT2D eigenvalue weighted by molar-refractivity contribution is -0.239. The van der Waals surface area contributed by atoms with E-state index in [2.05, 4.69) is 4.37 Å². The smallest absolute Gasteiger partial charge is 0.344 e. The van der Waals surface area contributed by atoms with Gasteiger partial charge in [-0.3, -0.25) is 9.36 Å². The van der Waals surface area contributed by atoms with Gasteiger partial charge in [-0.2, -0.15) is 17.5 Å². The van der Waals surface area contributed by atoms with Crippen LogP contribution in [0.1, 0.15) is 37.9 Å². The van der Waals surface area contributed by atoms with Crippen molar-refractivity contribution in [3.8, 4) is 5.69 Å². The number of hydrogen-bond donors (Lipinski definition) is 0. The first-order valence-corrected chi connectivity index (χ1v) is 10.0. The van der Waals surface area contributed by atoms with Gasteiger partial charge in [-0.05, 0) is 43.9 Å². The van der Waals surface area contributed by atoms with E-state index in [9.17, 15) is 27.2 Å². The molecule has 0 bridgehead atoms. The highest BCUT2D eigenvalue weighted by molar-refractivity contribution is 7.13. The van der Waals surface area contributed by atoms with Crippen molar-refractivity contribution in [2.24, 2.45) is 7.05 Å². The first-order valence-electron chi connectivity index (χ1n) is 9.27. The molecule has 3 aromatic rings. The van der Waals surface area contributed by atoms with Gasteiger partial charge in [-0.25, -0.2) is 13.8 Å². The number of ether oxygens (including phenoxy) is 2. The molecular formula is C19H17F4N3O4S. The average Bonchev–Trinajstić information content (AvgIpc) is 3.06. The second-order valence-electron chi connectivity index (χ2n) is 7.37. The lowest BCUT2D eigenvalue weighted by atomic mass is 10.1. The second-order valence-corrected chi connectivity index (χ2v) is 8.18. The lowest BCUT2D eigenvalue weighted by Crippen LogP contribution is -2.41. The van der Waals surface area contributed by atoms with E-state index in [1.54, 1.807) is 0 Å². The number of benzene rings is 1. The van der Waals surface area contributed by atoms with Gasteiger partial charge < -0.3 is 9.47 Å². The standard InChI is InChI=1S/C19H17F4N3O4S/c1-8-4-9(2)30-17(29-8)16-10-5-12(11(20)6-13(10)31-24-16)26-15(27)7-14(19(21,22)23)25(3)18(26)28/h5-9,17H,4H2,1-3H3/t8-,9+,17?. The number of aromatic nitrogens is 3. The topological polar surface area (TPSA) is 75.4 Å². The summed E-state index contributed by atoms with van der Waals surface area (Å²) >= 11 is 0.976. The van der Waals surface area contributed by atoms with E-state index < -0.39 is 40.9 Å². The van der Waals surface area contributed by atoms with Gasteiger partial charge in [0.15, 0.2) is 0 Å². The Hall–Kier alpha value is -2.57. The van der Waals surface area contributed by atoms with Gasteiger partial charge in [-0.1, -0.05) is 0 Å². The summed E-state index contributed by atoms with van der Waals surface area (Å²) in [5.41, 5.74) is -4.19. The van der Waals surface area contributed by atoms with Gasteiger partial charge >= 0.3 is 11.9 Å². The molecule has 0 saturated carbocycles. The molecule has 1 fully saturated rings. The van der Waals surface area contributed by atoms with Gasteiger partial charge in [0.25, 0.3) is 5.56 Å². The number of alkyl halides is 3. The van der Waals surface area contributed by atoms with E-state index in [0.717, 1.165) is 24.6 Å². The summed E-state index contributed by atoms with van der Waals surface area (Å²) in [5.74, 6) is -0.950. The zero-order valence-electron chi connectivity index (χ0n) is 16.6. The van der Waals surface area contributed by atoms with Crippen molar-refractivity contribution in [1.29, 1.82) is 0 Å². The van der Waals surface area contributed by atoms with Crippen molar-refractivity contribution in [2.45, 2.75) is 44.9 Å². The SMILES string of the molecule is C[C@@H]1C[C@H](C)OC(c2nsc3cc(F)c(-n4c(=O)cc(C(F)(F)F)n(C)c4=O)cc23)O1. The Bertz CT molecular complexity index is 1270. The van der Waals surface area contributed by atoms with Crippen molar-refractivity contribution in [2.75, 3.05) is 0 Å². The van der Waals surface area contributed by atoms with E-state index in [0.29, 0.717) is 26.8 Å². The predicted molar refractivity (Wildman–Crippen MR) is 104 cm³/mol. The fourth-order valence-electron chi connectivity index (χ4n) is 3.59. The Kier molecular flexibility index (Phi) is 5.26. The van der Waals surface area contributed by atoms with Crippen LogP contribution >= 0.6 is 11.5 Å². The molecule has 12 heteroatoms. The van der Waals surface area contributed by atoms with E-state index in [1.165, 1.54) is 6.07 Å². The molecule has 1 saturated heterocycles. The zero-order valence-corrected chi connectivity index (χ0v) is 17.4. The highest BCUT2D eigenvalue weighted by Crippen LogP contribution is 2.36. The van der Waals surface area contributed by atoms with E-state index in [-0.39, 0.29) is 22.8 Å². The highest BCUT2D eigenvalue weighted by atomic mass is 32.1. The fraction of sp³-hybridized carbons (Fsp3) is 0.421. The van der Waals surface area contributed by atoms with E-state index in [4.69, 9.17) is 9.47 Å². The molecule has 3 atom stereocenters. The van der Waals surface area contributed by atoms with Crippen molar-refractivity contribution in [3.63, 3.8) is 0 Å². The zero-order chi connectivity index (χ0) is 22.7. The van der Waals surface area contributed by atoms with Crippen molar-refractivity contribution >= 4 is 21.6 Å². The van der Waals surface area contributed by atoms with Crippen LogP contribution in [-0.2, 0) is 22.7 Å². The molecular weight excluding hydrogens is 442 g/mol. The largest absolute Gasteiger partial charge is 0.431 e. The summed E-state index contributed by atoms with van der Waals surface area (Å²) in [6.45, 7) is 3.74. The first kappa shape index (κ1) is 21.7. The molecule has 1 aliphatic heterocycles. The van der Waals surface area contributed by atoms with Crippen molar-refractivity contribution < 1.29 is 27.0 Å². The van der Waals surface area contributed by atoms with Crippen LogP contribution in [0.15, 0.2) is 27.8 Å². The Morgan fingerprint density at radius 3 is 2.39 bits per heavy atom. The highest BCUT2D eigenvalue weighted by Gasteiger charge is 2.35. The Balaban J connectivity index is 1.90. The number of halogens is 4. The van der Waals surface area contributed by atoms with Crippen LogP contribution < -0.4 is 11.2 Å². The van der Waals surface area contributed by atoms with Crippen LogP contribution in [0.25, 0.3) is 15.8 Å². The molecule has 0 N–H and O–H groups in total. The average molecular weight is 459 g/mol. The maximum atomic E-state index is 14.8. The molecule has 31 heavy (non-hydrogen) atoms. The summed E-state index contributed by atoms with van der Waals surface area (Å²) in [7, 11) is 0.863. The third-order valence-electron chi connectivity index (χ3n) is 5.02. The molecule has 0 amide bonds. The van der Waals surface area contributed by atoms with Crippen molar-refractivity contribution in [3.05, 3.63) is 56.2 Å². The van der Waals surface area contributed by atoms with E-state index in [1.807, 2.05) is 13.8 Å². The van der Waals surface area contributed by atoms with E-state index >= 15 is 0 Å². The second kappa shape index (κ2) is 7.53. The molecule has 2 aromatic heterocycles. The minimum Gasteiger partial charge on any atom is -0.344 e. The molecule has 1 unspecified atom stereocenters. The van der Waals surface area contributed by atoms with Crippen LogP contribution in [-0.4, -0.2) is 25.7 Å². The molecule has 1 aromatic carbocycles. The van der Waals surface area contributed by atoms with Gasteiger partial charge in [0, 0.05) is 18.5 Å². The molecule has 3 heterocycles. The van der Waals surface area contributed by atoms with Crippen LogP contribution in [0.4, 0.5) is 17.6 Å². The number of hydrogen-bond acceptors (Lipinski definition) is 6. The van der Waals surface area contributed by atoms with Gasteiger partial charge in [0.05, 0.1) is 22.6 Å². The van der Waals surface area contributed by atoms with Crippen LogP contribution in [0.2, 0.25) is 0 Å². The van der Waals surface area contributed by atoms with Crippen molar-refractivity contribution in [1.82, 2.24) is 13.5 Å². The van der Waals surface area contributed by atoms with Gasteiger partial charge in [0.1, 0.15) is 17.2 Å².